The van der Waals surface area contributed by atoms with Gasteiger partial charge in [-0.25, -0.2) is 0 Å². The molecule has 0 spiro atoms. The van der Waals surface area contributed by atoms with Crippen LogP contribution in [0.4, 0.5) is 0 Å². The monoisotopic (exact) mass is 294 g/mol. The lowest BCUT2D eigenvalue weighted by Gasteiger charge is -2.36. The largest absolute Gasteiger partial charge is 0.370 e. The lowest BCUT2D eigenvalue weighted by molar-refractivity contribution is -0.121. The van der Waals surface area contributed by atoms with Gasteiger partial charge in [0.15, 0.2) is 0 Å². The average Bonchev–Trinajstić information content (AvgIpc) is 2.98. The van der Waals surface area contributed by atoms with Gasteiger partial charge in [-0.2, -0.15) is 4.98 Å². The highest BCUT2D eigenvalue weighted by molar-refractivity contribution is 5.78. The number of hydrogen-bond donors (Lipinski definition) is 2. The van der Waals surface area contributed by atoms with Crippen LogP contribution in [0.2, 0.25) is 0 Å². The quantitative estimate of drug-likeness (QED) is 0.860. The summed E-state index contributed by atoms with van der Waals surface area (Å²) >= 11 is 0. The zero-order valence-electron chi connectivity index (χ0n) is 12.5. The zero-order chi connectivity index (χ0) is 14.9. The molecule has 0 aromatic carbocycles. The van der Waals surface area contributed by atoms with Gasteiger partial charge in [0.25, 0.3) is 0 Å². The Kier molecular flexibility index (Phi) is 3.95. The molecule has 1 aromatic rings. The van der Waals surface area contributed by atoms with Crippen molar-refractivity contribution in [2.75, 3.05) is 20.2 Å². The number of hydrogen-bond acceptors (Lipinski definition) is 6. The second-order valence-corrected chi connectivity index (χ2v) is 6.09. The van der Waals surface area contributed by atoms with E-state index in [-0.39, 0.29) is 18.5 Å². The maximum atomic E-state index is 11.2. The highest BCUT2D eigenvalue weighted by Gasteiger charge is 2.41. The first kappa shape index (κ1) is 14.5. The van der Waals surface area contributed by atoms with Crippen LogP contribution in [-0.2, 0) is 15.1 Å². The van der Waals surface area contributed by atoms with Crippen LogP contribution in [0.1, 0.15) is 50.4 Å². The summed E-state index contributed by atoms with van der Waals surface area (Å²) < 4.78 is 11.2. The molecule has 1 aliphatic heterocycles. The van der Waals surface area contributed by atoms with Crippen molar-refractivity contribution >= 4 is 5.91 Å². The molecule has 1 aromatic heterocycles. The fraction of sp³-hybridized carbons (Fsp3) is 0.786. The fourth-order valence-electron chi connectivity index (χ4n) is 3.29. The van der Waals surface area contributed by atoms with Gasteiger partial charge in [0.05, 0.1) is 6.54 Å². The summed E-state index contributed by atoms with van der Waals surface area (Å²) in [5, 5.41) is 10.0. The van der Waals surface area contributed by atoms with Gasteiger partial charge in [-0.05, 0) is 25.2 Å². The van der Waals surface area contributed by atoms with Crippen LogP contribution >= 0.6 is 0 Å². The Balaban J connectivity index is 1.78. The molecule has 3 atom stereocenters. The molecule has 1 amide bonds. The molecule has 7 nitrogen and oxygen atoms in total. The Labute approximate surface area is 123 Å². The van der Waals surface area contributed by atoms with Crippen LogP contribution in [0.25, 0.3) is 0 Å². The van der Waals surface area contributed by atoms with Crippen molar-refractivity contribution in [3.63, 3.8) is 0 Å². The number of aromatic nitrogens is 2. The minimum Gasteiger partial charge on any atom is -0.370 e. The first-order chi connectivity index (χ1) is 10.1. The van der Waals surface area contributed by atoms with E-state index in [0.717, 1.165) is 19.3 Å². The number of ether oxygens (including phenoxy) is 1. The van der Waals surface area contributed by atoms with Gasteiger partial charge in [-0.15, -0.1) is 0 Å². The molecule has 2 N–H and O–H groups in total. The predicted molar refractivity (Wildman–Crippen MR) is 74.4 cm³/mol. The molecule has 116 valence electrons. The number of amides is 1. The van der Waals surface area contributed by atoms with E-state index in [2.05, 4.69) is 27.7 Å². The van der Waals surface area contributed by atoms with Crippen molar-refractivity contribution in [1.29, 1.82) is 0 Å². The summed E-state index contributed by atoms with van der Waals surface area (Å²) in [6.07, 6.45) is 4.15. The third-order valence-corrected chi connectivity index (χ3v) is 4.51. The van der Waals surface area contributed by atoms with Crippen molar-refractivity contribution in [3.05, 3.63) is 11.7 Å². The lowest BCUT2D eigenvalue weighted by Crippen LogP contribution is -2.47. The molecule has 1 saturated carbocycles. The second-order valence-electron chi connectivity index (χ2n) is 6.09. The first-order valence-electron chi connectivity index (χ1n) is 7.52. The molecular weight excluding hydrogens is 272 g/mol. The molecule has 0 radical (unpaired) electrons. The molecule has 1 aliphatic carbocycles. The Bertz CT molecular complexity index is 508. The van der Waals surface area contributed by atoms with Crippen LogP contribution in [0.3, 0.4) is 0 Å². The zero-order valence-corrected chi connectivity index (χ0v) is 12.5. The predicted octanol–water partition coefficient (Wildman–Crippen LogP) is 0.882. The number of rotatable bonds is 3. The Hall–Kier alpha value is -1.47. The summed E-state index contributed by atoms with van der Waals surface area (Å²) in [6, 6.07) is -0.126. The molecule has 7 heteroatoms. The SMILES string of the molecule is COC1(c2noc(C3CNC(=O)CN3)n2)CCCC(C)C1. The second kappa shape index (κ2) is 5.73. The molecular formula is C14H22N4O3. The van der Waals surface area contributed by atoms with E-state index in [4.69, 9.17) is 9.26 Å². The minimum atomic E-state index is -0.433. The van der Waals surface area contributed by atoms with E-state index >= 15 is 0 Å². The Morgan fingerprint density at radius 1 is 1.48 bits per heavy atom. The smallest absolute Gasteiger partial charge is 0.245 e. The molecule has 2 heterocycles. The maximum Gasteiger partial charge on any atom is 0.245 e. The van der Waals surface area contributed by atoms with Crippen LogP contribution in [0, 0.1) is 5.92 Å². The van der Waals surface area contributed by atoms with Gasteiger partial charge in [0.2, 0.25) is 17.6 Å². The summed E-state index contributed by atoms with van der Waals surface area (Å²) in [6.45, 7) is 2.97. The number of piperazine rings is 1. The number of carbonyl (C=O) groups excluding carboxylic acids is 1. The highest BCUT2D eigenvalue weighted by Crippen LogP contribution is 2.41. The number of methoxy groups -OCH3 is 1. The molecule has 1 saturated heterocycles. The van der Waals surface area contributed by atoms with Crippen LogP contribution in [-0.4, -0.2) is 36.2 Å². The van der Waals surface area contributed by atoms with Crippen molar-refractivity contribution in [2.45, 2.75) is 44.2 Å². The van der Waals surface area contributed by atoms with Crippen LogP contribution in [0.5, 0.6) is 0 Å². The topological polar surface area (TPSA) is 89.3 Å². The van der Waals surface area contributed by atoms with E-state index in [1.165, 1.54) is 6.42 Å². The van der Waals surface area contributed by atoms with Gasteiger partial charge < -0.3 is 14.6 Å². The van der Waals surface area contributed by atoms with Gasteiger partial charge >= 0.3 is 0 Å². The summed E-state index contributed by atoms with van der Waals surface area (Å²) in [4.78, 5) is 15.7. The molecule has 3 unspecified atom stereocenters. The molecule has 21 heavy (non-hydrogen) atoms. The fourth-order valence-corrected chi connectivity index (χ4v) is 3.29. The molecule has 2 fully saturated rings. The maximum absolute atomic E-state index is 11.2. The van der Waals surface area contributed by atoms with Crippen LogP contribution in [0.15, 0.2) is 4.52 Å². The lowest BCUT2D eigenvalue weighted by atomic mass is 9.78. The molecule has 3 rings (SSSR count). The summed E-state index contributed by atoms with van der Waals surface area (Å²) in [5.74, 6) is 1.72. The van der Waals surface area contributed by atoms with E-state index in [0.29, 0.717) is 24.2 Å². The standard InChI is InChI=1S/C14H22N4O3/c1-9-4-3-5-14(6-9,20-2)13-17-12(21-18-13)10-7-16-11(19)8-15-10/h9-10,15H,3-8H2,1-2H3,(H,16,19). The highest BCUT2D eigenvalue weighted by atomic mass is 16.5. The number of carbonyl (C=O) groups is 1. The van der Waals surface area contributed by atoms with E-state index in [9.17, 15) is 4.79 Å². The molecule has 2 aliphatic rings. The van der Waals surface area contributed by atoms with E-state index in [1.54, 1.807) is 7.11 Å². The van der Waals surface area contributed by atoms with Crippen molar-refractivity contribution in [3.8, 4) is 0 Å². The Morgan fingerprint density at radius 2 is 2.33 bits per heavy atom. The third kappa shape index (κ3) is 2.80. The van der Waals surface area contributed by atoms with Gasteiger partial charge in [-0.3, -0.25) is 10.1 Å². The third-order valence-electron chi connectivity index (χ3n) is 4.51. The minimum absolute atomic E-state index is 0.0135. The molecule has 0 bridgehead atoms. The van der Waals surface area contributed by atoms with Gasteiger partial charge in [-0.1, -0.05) is 18.5 Å². The van der Waals surface area contributed by atoms with Crippen molar-refractivity contribution in [2.24, 2.45) is 5.92 Å². The normalized spacial score (nSPS) is 33.7. The summed E-state index contributed by atoms with van der Waals surface area (Å²) in [5.41, 5.74) is -0.433. The number of nitrogens with zero attached hydrogens (tertiary/aromatic N) is 2. The van der Waals surface area contributed by atoms with E-state index in [1.807, 2.05) is 0 Å². The van der Waals surface area contributed by atoms with E-state index < -0.39 is 5.60 Å². The van der Waals surface area contributed by atoms with Crippen molar-refractivity contribution in [1.82, 2.24) is 20.8 Å². The summed E-state index contributed by atoms with van der Waals surface area (Å²) in [7, 11) is 1.72. The van der Waals surface area contributed by atoms with Crippen molar-refractivity contribution < 1.29 is 14.1 Å². The first-order valence-corrected chi connectivity index (χ1v) is 7.52. The van der Waals surface area contributed by atoms with Gasteiger partial charge in [0, 0.05) is 13.7 Å². The Morgan fingerprint density at radius 3 is 3.00 bits per heavy atom. The van der Waals surface area contributed by atoms with Gasteiger partial charge in [0.1, 0.15) is 11.6 Å². The van der Waals surface area contributed by atoms with Crippen LogP contribution < -0.4 is 10.6 Å². The average molecular weight is 294 g/mol. The number of nitrogens with one attached hydrogen (secondary N) is 2.